The zero-order valence-electron chi connectivity index (χ0n) is 9.17. The summed E-state index contributed by atoms with van der Waals surface area (Å²) in [6.07, 6.45) is 2.07. The molecule has 2 rings (SSSR count). The van der Waals surface area contributed by atoms with Crippen molar-refractivity contribution in [3.63, 3.8) is 0 Å². The van der Waals surface area contributed by atoms with Crippen LogP contribution in [0.2, 0.25) is 0 Å². The number of benzene rings is 1. The summed E-state index contributed by atoms with van der Waals surface area (Å²) in [6, 6.07) is 13.7. The predicted molar refractivity (Wildman–Crippen MR) is 62.6 cm³/mol. The summed E-state index contributed by atoms with van der Waals surface area (Å²) >= 11 is 0. The normalized spacial score (nSPS) is 9.53. The molecule has 0 atom stereocenters. The van der Waals surface area contributed by atoms with Gasteiger partial charge in [-0.25, -0.2) is 0 Å². The largest absolute Gasteiger partial charge is 0.270 e. The molecule has 0 radical (unpaired) electrons. The minimum atomic E-state index is 0.390. The van der Waals surface area contributed by atoms with E-state index in [4.69, 9.17) is 10.5 Å². The Labute approximate surface area is 99.3 Å². The summed E-state index contributed by atoms with van der Waals surface area (Å²) in [4.78, 5) is 0. The minimum Gasteiger partial charge on any atom is -0.270 e. The van der Waals surface area contributed by atoms with Crippen LogP contribution < -0.4 is 0 Å². The Morgan fingerprint density at radius 2 is 1.94 bits per heavy atom. The lowest BCUT2D eigenvalue weighted by Crippen LogP contribution is -1.97. The molecule has 0 aliphatic carbocycles. The van der Waals surface area contributed by atoms with Gasteiger partial charge in [0.1, 0.15) is 11.8 Å². The minimum absolute atomic E-state index is 0.390. The predicted octanol–water partition coefficient (Wildman–Crippen LogP) is 2.34. The van der Waals surface area contributed by atoms with Crippen LogP contribution in [0, 0.1) is 22.7 Å². The lowest BCUT2D eigenvalue weighted by molar-refractivity contribution is 0.629. The fraction of sp³-hybridized carbons (Fsp3) is 0.154. The van der Waals surface area contributed by atoms with E-state index in [2.05, 4.69) is 17.2 Å². The summed E-state index contributed by atoms with van der Waals surface area (Å²) in [6.45, 7) is 0.512. The van der Waals surface area contributed by atoms with Gasteiger partial charge in [0.05, 0.1) is 24.6 Å². The van der Waals surface area contributed by atoms with E-state index in [-0.39, 0.29) is 0 Å². The first-order valence-corrected chi connectivity index (χ1v) is 5.25. The van der Waals surface area contributed by atoms with E-state index in [0.717, 1.165) is 5.56 Å². The highest BCUT2D eigenvalue weighted by atomic mass is 15.3. The van der Waals surface area contributed by atoms with Crippen molar-refractivity contribution in [3.05, 3.63) is 42.1 Å². The molecule has 0 amide bonds. The van der Waals surface area contributed by atoms with Gasteiger partial charge < -0.3 is 0 Å². The first kappa shape index (κ1) is 10.9. The standard InChI is InChI=1S/C13H10N4/c14-7-4-8-17-10-12(9-15)13(16-17)11-5-2-1-3-6-11/h1-3,5-6,10H,4,8H2. The Kier molecular flexibility index (Phi) is 3.18. The first-order valence-electron chi connectivity index (χ1n) is 5.25. The molecule has 82 valence electrons. The highest BCUT2D eigenvalue weighted by Crippen LogP contribution is 2.20. The second-order valence-electron chi connectivity index (χ2n) is 3.54. The van der Waals surface area contributed by atoms with Crippen LogP contribution in [0.15, 0.2) is 36.5 Å². The van der Waals surface area contributed by atoms with Gasteiger partial charge in [-0.15, -0.1) is 0 Å². The van der Waals surface area contributed by atoms with E-state index in [1.54, 1.807) is 10.9 Å². The van der Waals surface area contributed by atoms with Crippen molar-refractivity contribution in [2.24, 2.45) is 0 Å². The van der Waals surface area contributed by atoms with Crippen molar-refractivity contribution in [2.75, 3.05) is 0 Å². The maximum atomic E-state index is 9.05. The SMILES string of the molecule is N#CCCn1cc(C#N)c(-c2ccccc2)n1. The van der Waals surface area contributed by atoms with Crippen molar-refractivity contribution in [1.82, 2.24) is 9.78 Å². The monoisotopic (exact) mass is 222 g/mol. The summed E-state index contributed by atoms with van der Waals surface area (Å²) in [5, 5.41) is 21.9. The summed E-state index contributed by atoms with van der Waals surface area (Å²) in [5.41, 5.74) is 2.12. The third-order valence-corrected chi connectivity index (χ3v) is 2.38. The fourth-order valence-corrected chi connectivity index (χ4v) is 1.59. The number of hydrogen-bond acceptors (Lipinski definition) is 3. The highest BCUT2D eigenvalue weighted by molar-refractivity contribution is 5.65. The summed E-state index contributed by atoms with van der Waals surface area (Å²) < 4.78 is 1.64. The van der Waals surface area contributed by atoms with E-state index in [1.807, 2.05) is 30.3 Å². The molecule has 0 aliphatic heterocycles. The average Bonchev–Trinajstić information content (AvgIpc) is 2.80. The Hall–Kier alpha value is -2.59. The Morgan fingerprint density at radius 3 is 2.59 bits per heavy atom. The molecule has 0 unspecified atom stereocenters. The smallest absolute Gasteiger partial charge is 0.110 e. The topological polar surface area (TPSA) is 65.4 Å². The number of aryl methyl sites for hydroxylation is 1. The van der Waals surface area contributed by atoms with Gasteiger partial charge in [-0.05, 0) is 0 Å². The average molecular weight is 222 g/mol. The van der Waals surface area contributed by atoms with Crippen LogP contribution in [0.1, 0.15) is 12.0 Å². The van der Waals surface area contributed by atoms with Crippen LogP contribution in [0.3, 0.4) is 0 Å². The second kappa shape index (κ2) is 4.96. The molecule has 0 aliphatic rings. The van der Waals surface area contributed by atoms with Crippen LogP contribution in [-0.2, 0) is 6.54 Å². The van der Waals surface area contributed by atoms with Gasteiger partial charge in [0.25, 0.3) is 0 Å². The highest BCUT2D eigenvalue weighted by Gasteiger charge is 2.09. The van der Waals surface area contributed by atoms with Gasteiger partial charge in [0.2, 0.25) is 0 Å². The Bertz CT molecular complexity index is 584. The molecule has 1 aromatic carbocycles. The number of hydrogen-bond donors (Lipinski definition) is 0. The lowest BCUT2D eigenvalue weighted by atomic mass is 10.1. The van der Waals surface area contributed by atoms with Crippen LogP contribution >= 0.6 is 0 Å². The van der Waals surface area contributed by atoms with Gasteiger partial charge >= 0.3 is 0 Å². The molecular formula is C13H10N4. The van der Waals surface area contributed by atoms with Crippen molar-refractivity contribution >= 4 is 0 Å². The fourth-order valence-electron chi connectivity index (χ4n) is 1.59. The van der Waals surface area contributed by atoms with Gasteiger partial charge in [0, 0.05) is 11.8 Å². The second-order valence-corrected chi connectivity index (χ2v) is 3.54. The van der Waals surface area contributed by atoms with Gasteiger partial charge in [-0.1, -0.05) is 30.3 Å². The van der Waals surface area contributed by atoms with E-state index < -0.39 is 0 Å². The molecule has 2 aromatic rings. The molecule has 0 bridgehead atoms. The van der Waals surface area contributed by atoms with Crippen molar-refractivity contribution < 1.29 is 0 Å². The van der Waals surface area contributed by atoms with Crippen molar-refractivity contribution in [3.8, 4) is 23.4 Å². The van der Waals surface area contributed by atoms with Crippen molar-refractivity contribution in [1.29, 1.82) is 10.5 Å². The van der Waals surface area contributed by atoms with Gasteiger partial charge in [-0.3, -0.25) is 4.68 Å². The number of aromatic nitrogens is 2. The number of rotatable bonds is 3. The van der Waals surface area contributed by atoms with E-state index >= 15 is 0 Å². The molecule has 17 heavy (non-hydrogen) atoms. The quantitative estimate of drug-likeness (QED) is 0.800. The molecule has 0 fully saturated rings. The third-order valence-electron chi connectivity index (χ3n) is 2.38. The van der Waals surface area contributed by atoms with Crippen LogP contribution in [0.4, 0.5) is 0 Å². The summed E-state index contributed by atoms with van der Waals surface area (Å²) in [7, 11) is 0. The van der Waals surface area contributed by atoms with Crippen molar-refractivity contribution in [2.45, 2.75) is 13.0 Å². The first-order chi connectivity index (χ1) is 8.35. The third kappa shape index (κ3) is 2.32. The molecule has 4 heteroatoms. The molecule has 0 saturated heterocycles. The molecule has 0 spiro atoms. The maximum absolute atomic E-state index is 9.05. The van der Waals surface area contributed by atoms with Crippen LogP contribution in [0.25, 0.3) is 11.3 Å². The van der Waals surface area contributed by atoms with E-state index in [9.17, 15) is 0 Å². The number of nitriles is 2. The van der Waals surface area contributed by atoms with E-state index in [1.165, 1.54) is 0 Å². The van der Waals surface area contributed by atoms with Crippen LogP contribution in [-0.4, -0.2) is 9.78 Å². The molecular weight excluding hydrogens is 212 g/mol. The Morgan fingerprint density at radius 1 is 1.18 bits per heavy atom. The lowest BCUT2D eigenvalue weighted by Gasteiger charge is -1.96. The maximum Gasteiger partial charge on any atom is 0.110 e. The van der Waals surface area contributed by atoms with Gasteiger partial charge in [0.15, 0.2) is 0 Å². The molecule has 4 nitrogen and oxygen atoms in total. The molecule has 1 heterocycles. The summed E-state index contributed by atoms with van der Waals surface area (Å²) in [5.74, 6) is 0. The number of nitrogens with zero attached hydrogens (tertiary/aromatic N) is 4. The van der Waals surface area contributed by atoms with Crippen LogP contribution in [0.5, 0.6) is 0 Å². The molecule has 0 saturated carbocycles. The van der Waals surface area contributed by atoms with Gasteiger partial charge in [-0.2, -0.15) is 15.6 Å². The Balaban J connectivity index is 2.38. The van der Waals surface area contributed by atoms with E-state index in [0.29, 0.717) is 24.2 Å². The zero-order valence-corrected chi connectivity index (χ0v) is 9.17. The molecule has 1 aromatic heterocycles. The zero-order chi connectivity index (χ0) is 12.1. The molecule has 0 N–H and O–H groups in total.